The normalized spacial score (nSPS) is 15.8. The van der Waals surface area contributed by atoms with E-state index in [0.29, 0.717) is 5.92 Å². The first kappa shape index (κ1) is 8.05. The van der Waals surface area contributed by atoms with E-state index in [-0.39, 0.29) is 0 Å². The number of benzene rings is 1. The maximum atomic E-state index is 2.34. The number of hydrogen-bond acceptors (Lipinski definition) is 0. The Hall–Kier alpha value is -0.570. The van der Waals surface area contributed by atoms with E-state index in [4.69, 9.17) is 0 Å². The van der Waals surface area contributed by atoms with Crippen LogP contribution in [0.25, 0.3) is 0 Å². The van der Waals surface area contributed by atoms with Gasteiger partial charge >= 0.3 is 0 Å². The van der Waals surface area contributed by atoms with Crippen molar-refractivity contribution in [3.05, 3.63) is 57.7 Å². The molecular weight excluding hydrogens is 259 g/mol. The minimum absolute atomic E-state index is 0.500. The molecule has 0 nitrogen and oxygen atoms in total. The highest BCUT2D eigenvalue weighted by Crippen LogP contribution is 2.23. The molecule has 1 aliphatic carbocycles. The maximum Gasteiger partial charge on any atom is 0.0205 e. The molecule has 1 aliphatic rings. The van der Waals surface area contributed by atoms with Crippen molar-refractivity contribution in [3.8, 4) is 0 Å². The SMILES string of the molecule is Ic1cccc(C2C=CC=C2)c1. The first-order valence-electron chi connectivity index (χ1n) is 3.97. The van der Waals surface area contributed by atoms with Gasteiger partial charge in [-0.15, -0.1) is 0 Å². The zero-order valence-electron chi connectivity index (χ0n) is 6.57. The third kappa shape index (κ3) is 1.61. The Morgan fingerprint density at radius 1 is 1.08 bits per heavy atom. The summed E-state index contributed by atoms with van der Waals surface area (Å²) in [5.74, 6) is 0.500. The lowest BCUT2D eigenvalue weighted by atomic mass is 10.0. The lowest BCUT2D eigenvalue weighted by Gasteiger charge is -2.05. The monoisotopic (exact) mass is 268 g/mol. The standard InChI is InChI=1S/C11H9I/c12-11-7-3-6-10(8-11)9-4-1-2-5-9/h1-9H. The molecule has 1 aromatic rings. The summed E-state index contributed by atoms with van der Waals surface area (Å²) in [4.78, 5) is 0. The summed E-state index contributed by atoms with van der Waals surface area (Å²) >= 11 is 2.34. The number of allylic oxidation sites excluding steroid dienone is 4. The Labute approximate surface area is 86.1 Å². The average Bonchev–Trinajstić information content (AvgIpc) is 2.56. The van der Waals surface area contributed by atoms with Gasteiger partial charge in [0.2, 0.25) is 0 Å². The molecule has 0 radical (unpaired) electrons. The van der Waals surface area contributed by atoms with Gasteiger partial charge < -0.3 is 0 Å². The Morgan fingerprint density at radius 3 is 2.50 bits per heavy atom. The molecule has 0 amide bonds. The van der Waals surface area contributed by atoms with E-state index in [1.807, 2.05) is 0 Å². The highest BCUT2D eigenvalue weighted by Gasteiger charge is 2.05. The van der Waals surface area contributed by atoms with E-state index in [2.05, 4.69) is 71.2 Å². The Balaban J connectivity index is 2.34. The quantitative estimate of drug-likeness (QED) is 0.684. The Bertz CT molecular complexity index is 325. The predicted octanol–water partition coefficient (Wildman–Crippen LogP) is 3.50. The summed E-state index contributed by atoms with van der Waals surface area (Å²) in [6, 6.07) is 8.63. The summed E-state index contributed by atoms with van der Waals surface area (Å²) in [5, 5.41) is 0. The molecule has 0 unspecified atom stereocenters. The summed E-state index contributed by atoms with van der Waals surface area (Å²) in [6.45, 7) is 0. The number of hydrogen-bond donors (Lipinski definition) is 0. The molecule has 0 bridgehead atoms. The van der Waals surface area contributed by atoms with Gasteiger partial charge in [-0.2, -0.15) is 0 Å². The lowest BCUT2D eigenvalue weighted by Crippen LogP contribution is -1.88. The first-order chi connectivity index (χ1) is 5.86. The third-order valence-corrected chi connectivity index (χ3v) is 2.65. The van der Waals surface area contributed by atoms with Crippen LogP contribution in [0.5, 0.6) is 0 Å². The fraction of sp³-hybridized carbons (Fsp3) is 0.0909. The van der Waals surface area contributed by atoms with Crippen LogP contribution in [0.15, 0.2) is 48.6 Å². The largest absolute Gasteiger partial charge is 0.0732 e. The summed E-state index contributed by atoms with van der Waals surface area (Å²) < 4.78 is 1.30. The van der Waals surface area contributed by atoms with Gasteiger partial charge in [-0.05, 0) is 40.3 Å². The first-order valence-corrected chi connectivity index (χ1v) is 5.04. The fourth-order valence-electron chi connectivity index (χ4n) is 1.37. The molecule has 1 heteroatoms. The maximum absolute atomic E-state index is 2.34. The molecule has 1 aromatic carbocycles. The molecule has 0 saturated carbocycles. The summed E-state index contributed by atoms with van der Waals surface area (Å²) in [5.41, 5.74) is 1.38. The van der Waals surface area contributed by atoms with Gasteiger partial charge in [0.25, 0.3) is 0 Å². The lowest BCUT2D eigenvalue weighted by molar-refractivity contribution is 1.10. The van der Waals surface area contributed by atoms with E-state index >= 15 is 0 Å². The van der Waals surface area contributed by atoms with Gasteiger partial charge in [0.05, 0.1) is 0 Å². The molecule has 0 saturated heterocycles. The Morgan fingerprint density at radius 2 is 1.83 bits per heavy atom. The zero-order chi connectivity index (χ0) is 8.39. The summed E-state index contributed by atoms with van der Waals surface area (Å²) in [6.07, 6.45) is 8.63. The average molecular weight is 268 g/mol. The second-order valence-corrected chi connectivity index (χ2v) is 4.10. The molecule has 0 heterocycles. The molecule has 0 aromatic heterocycles. The molecule has 2 rings (SSSR count). The number of rotatable bonds is 1. The molecule has 0 spiro atoms. The van der Waals surface area contributed by atoms with Crippen molar-refractivity contribution >= 4 is 22.6 Å². The van der Waals surface area contributed by atoms with Gasteiger partial charge in [-0.25, -0.2) is 0 Å². The van der Waals surface area contributed by atoms with Gasteiger partial charge in [0.15, 0.2) is 0 Å². The van der Waals surface area contributed by atoms with Crippen molar-refractivity contribution in [3.63, 3.8) is 0 Å². The van der Waals surface area contributed by atoms with E-state index in [1.165, 1.54) is 9.13 Å². The molecule has 12 heavy (non-hydrogen) atoms. The van der Waals surface area contributed by atoms with Gasteiger partial charge in [0, 0.05) is 9.49 Å². The second kappa shape index (κ2) is 3.44. The van der Waals surface area contributed by atoms with Gasteiger partial charge in [-0.1, -0.05) is 36.4 Å². The zero-order valence-corrected chi connectivity index (χ0v) is 8.73. The highest BCUT2D eigenvalue weighted by atomic mass is 127. The van der Waals surface area contributed by atoms with Crippen LogP contribution in [0.3, 0.4) is 0 Å². The van der Waals surface area contributed by atoms with E-state index < -0.39 is 0 Å². The number of halogens is 1. The molecule has 0 N–H and O–H groups in total. The Kier molecular flexibility index (Phi) is 2.30. The van der Waals surface area contributed by atoms with Crippen LogP contribution in [0.1, 0.15) is 11.5 Å². The van der Waals surface area contributed by atoms with Crippen molar-refractivity contribution in [1.29, 1.82) is 0 Å². The van der Waals surface area contributed by atoms with Crippen LogP contribution < -0.4 is 0 Å². The van der Waals surface area contributed by atoms with Crippen molar-refractivity contribution in [2.75, 3.05) is 0 Å². The smallest absolute Gasteiger partial charge is 0.0205 e. The second-order valence-electron chi connectivity index (χ2n) is 2.85. The van der Waals surface area contributed by atoms with E-state index in [9.17, 15) is 0 Å². The van der Waals surface area contributed by atoms with Crippen molar-refractivity contribution in [2.24, 2.45) is 0 Å². The summed E-state index contributed by atoms with van der Waals surface area (Å²) in [7, 11) is 0. The molecule has 0 fully saturated rings. The van der Waals surface area contributed by atoms with Gasteiger partial charge in [0.1, 0.15) is 0 Å². The third-order valence-electron chi connectivity index (χ3n) is 1.98. The van der Waals surface area contributed by atoms with Crippen molar-refractivity contribution in [2.45, 2.75) is 5.92 Å². The van der Waals surface area contributed by atoms with Crippen molar-refractivity contribution in [1.82, 2.24) is 0 Å². The minimum Gasteiger partial charge on any atom is -0.0732 e. The van der Waals surface area contributed by atoms with Gasteiger partial charge in [-0.3, -0.25) is 0 Å². The molecule has 0 atom stereocenters. The van der Waals surface area contributed by atoms with E-state index in [0.717, 1.165) is 0 Å². The minimum atomic E-state index is 0.500. The van der Waals surface area contributed by atoms with Crippen LogP contribution in [0, 0.1) is 3.57 Å². The van der Waals surface area contributed by atoms with Crippen LogP contribution in [-0.2, 0) is 0 Å². The highest BCUT2D eigenvalue weighted by molar-refractivity contribution is 14.1. The van der Waals surface area contributed by atoms with E-state index in [1.54, 1.807) is 0 Å². The van der Waals surface area contributed by atoms with Crippen LogP contribution in [-0.4, -0.2) is 0 Å². The predicted molar refractivity (Wildman–Crippen MR) is 60.2 cm³/mol. The topological polar surface area (TPSA) is 0 Å². The fourth-order valence-corrected chi connectivity index (χ4v) is 1.94. The molecule has 60 valence electrons. The molecule has 0 aliphatic heterocycles. The van der Waals surface area contributed by atoms with Crippen LogP contribution >= 0.6 is 22.6 Å². The van der Waals surface area contributed by atoms with Crippen LogP contribution in [0.4, 0.5) is 0 Å². The molecular formula is C11H9I. The van der Waals surface area contributed by atoms with Crippen molar-refractivity contribution < 1.29 is 0 Å². The van der Waals surface area contributed by atoms with Crippen LogP contribution in [0.2, 0.25) is 0 Å².